The number of nitrogens with zero attached hydrogens (tertiary/aromatic N) is 2. The molecule has 4 rings (SSSR count). The Labute approximate surface area is 193 Å². The SMILES string of the molecule is COC(=O)c1ccc2c(=O)n(C[C@@H](C)O)c(SCc3cc(Cl)c4c(c3)OCCO4)nc2c1. The molecule has 0 fully saturated rings. The van der Waals surface area contributed by atoms with Gasteiger partial charge in [-0.2, -0.15) is 0 Å². The minimum Gasteiger partial charge on any atom is -0.486 e. The van der Waals surface area contributed by atoms with Gasteiger partial charge in [0.25, 0.3) is 5.56 Å². The normalized spacial score (nSPS) is 13.8. The Morgan fingerprint density at radius 3 is 2.84 bits per heavy atom. The van der Waals surface area contributed by atoms with Gasteiger partial charge in [-0.1, -0.05) is 23.4 Å². The van der Waals surface area contributed by atoms with E-state index in [0.717, 1.165) is 5.56 Å². The van der Waals surface area contributed by atoms with Crippen LogP contribution in [0, 0.1) is 0 Å². The van der Waals surface area contributed by atoms with E-state index in [1.165, 1.54) is 35.6 Å². The smallest absolute Gasteiger partial charge is 0.337 e. The molecule has 0 unspecified atom stereocenters. The molecular formula is C22H21ClN2O6S. The Kier molecular flexibility index (Phi) is 6.59. The quantitative estimate of drug-likeness (QED) is 0.328. The molecule has 10 heteroatoms. The Hall–Kier alpha value is -2.75. The van der Waals surface area contributed by atoms with Crippen LogP contribution in [0.5, 0.6) is 11.5 Å². The summed E-state index contributed by atoms with van der Waals surface area (Å²) in [5.41, 5.74) is 1.25. The van der Waals surface area contributed by atoms with Crippen LogP contribution in [0.1, 0.15) is 22.8 Å². The van der Waals surface area contributed by atoms with Gasteiger partial charge in [-0.05, 0) is 42.8 Å². The molecule has 0 amide bonds. The van der Waals surface area contributed by atoms with Crippen molar-refractivity contribution in [2.45, 2.75) is 30.5 Å². The Morgan fingerprint density at radius 1 is 1.31 bits per heavy atom. The van der Waals surface area contributed by atoms with Crippen LogP contribution in [0.25, 0.3) is 10.9 Å². The first-order valence-electron chi connectivity index (χ1n) is 9.89. The standard InChI is InChI=1S/C22H21ClN2O6S/c1-12(26)10-25-20(27)15-4-3-14(21(28)29-2)9-17(15)24-22(25)32-11-13-7-16(23)19-18(8-13)30-5-6-31-19/h3-4,7-9,12,26H,5-6,10-11H2,1-2H3/t12-/m1/s1. The monoisotopic (exact) mass is 476 g/mol. The van der Waals surface area contributed by atoms with Crippen molar-refractivity contribution in [3.8, 4) is 11.5 Å². The predicted octanol–water partition coefficient (Wildman–Crippen LogP) is 3.28. The number of aliphatic hydroxyl groups is 1. The zero-order valence-corrected chi connectivity index (χ0v) is 19.0. The van der Waals surface area contributed by atoms with Gasteiger partial charge in [-0.3, -0.25) is 9.36 Å². The van der Waals surface area contributed by atoms with E-state index in [9.17, 15) is 14.7 Å². The molecule has 1 aliphatic rings. The molecule has 2 aromatic carbocycles. The fraction of sp³-hybridized carbons (Fsp3) is 0.318. The molecule has 32 heavy (non-hydrogen) atoms. The molecule has 8 nitrogen and oxygen atoms in total. The number of halogens is 1. The minimum absolute atomic E-state index is 0.0881. The van der Waals surface area contributed by atoms with E-state index in [1.54, 1.807) is 19.1 Å². The maximum Gasteiger partial charge on any atom is 0.337 e. The number of rotatable bonds is 6. The van der Waals surface area contributed by atoms with Gasteiger partial charge in [0, 0.05) is 5.75 Å². The first kappa shape index (κ1) is 22.4. The van der Waals surface area contributed by atoms with Crippen molar-refractivity contribution < 1.29 is 24.1 Å². The van der Waals surface area contributed by atoms with Crippen LogP contribution in [-0.2, 0) is 17.0 Å². The lowest BCUT2D eigenvalue weighted by Crippen LogP contribution is -2.28. The number of esters is 1. The van der Waals surface area contributed by atoms with Gasteiger partial charge >= 0.3 is 5.97 Å². The number of hydrogen-bond acceptors (Lipinski definition) is 8. The maximum absolute atomic E-state index is 13.1. The topological polar surface area (TPSA) is 99.9 Å². The molecule has 0 saturated heterocycles. The Bertz CT molecular complexity index is 1240. The number of aliphatic hydroxyl groups excluding tert-OH is 1. The van der Waals surface area contributed by atoms with Crippen LogP contribution in [0.15, 0.2) is 40.3 Å². The van der Waals surface area contributed by atoms with E-state index in [0.29, 0.717) is 57.1 Å². The number of aromatic nitrogens is 2. The number of benzene rings is 2. The zero-order chi connectivity index (χ0) is 22.8. The van der Waals surface area contributed by atoms with Crippen molar-refractivity contribution in [2.75, 3.05) is 20.3 Å². The Balaban J connectivity index is 1.72. The van der Waals surface area contributed by atoms with E-state index in [1.807, 2.05) is 6.07 Å². The van der Waals surface area contributed by atoms with Gasteiger partial charge in [0.15, 0.2) is 16.7 Å². The number of hydrogen-bond donors (Lipinski definition) is 1. The third kappa shape index (κ3) is 4.55. The lowest BCUT2D eigenvalue weighted by atomic mass is 10.1. The lowest BCUT2D eigenvalue weighted by Gasteiger charge is -2.20. The fourth-order valence-electron chi connectivity index (χ4n) is 3.38. The highest BCUT2D eigenvalue weighted by molar-refractivity contribution is 7.98. The summed E-state index contributed by atoms with van der Waals surface area (Å²) in [6.45, 7) is 2.58. The van der Waals surface area contributed by atoms with Gasteiger partial charge < -0.3 is 19.3 Å². The van der Waals surface area contributed by atoms with Crippen molar-refractivity contribution in [3.63, 3.8) is 0 Å². The first-order chi connectivity index (χ1) is 15.4. The van der Waals surface area contributed by atoms with Crippen LogP contribution in [-0.4, -0.2) is 47.1 Å². The molecule has 1 N–H and O–H groups in total. The van der Waals surface area contributed by atoms with Crippen molar-refractivity contribution in [1.82, 2.24) is 9.55 Å². The lowest BCUT2D eigenvalue weighted by molar-refractivity contribution is 0.0601. The highest BCUT2D eigenvalue weighted by Crippen LogP contribution is 2.39. The minimum atomic E-state index is -0.746. The summed E-state index contributed by atoms with van der Waals surface area (Å²) in [6, 6.07) is 8.23. The molecule has 0 saturated carbocycles. The second kappa shape index (κ2) is 9.40. The van der Waals surface area contributed by atoms with E-state index < -0.39 is 12.1 Å². The van der Waals surface area contributed by atoms with E-state index in [-0.39, 0.29) is 12.1 Å². The van der Waals surface area contributed by atoms with Gasteiger partial charge in [-0.25, -0.2) is 9.78 Å². The summed E-state index contributed by atoms with van der Waals surface area (Å²) in [6.07, 6.45) is -0.746. The number of methoxy groups -OCH3 is 1. The van der Waals surface area contributed by atoms with Crippen molar-refractivity contribution in [3.05, 3.63) is 56.8 Å². The van der Waals surface area contributed by atoms with Crippen LogP contribution >= 0.6 is 23.4 Å². The molecule has 1 aliphatic heterocycles. The van der Waals surface area contributed by atoms with Crippen molar-refractivity contribution >= 4 is 40.2 Å². The zero-order valence-electron chi connectivity index (χ0n) is 17.5. The number of carbonyl (C=O) groups is 1. The molecule has 0 radical (unpaired) electrons. The first-order valence-corrected chi connectivity index (χ1v) is 11.3. The molecule has 1 atom stereocenters. The summed E-state index contributed by atoms with van der Waals surface area (Å²) >= 11 is 7.65. The fourth-order valence-corrected chi connectivity index (χ4v) is 4.60. The number of fused-ring (bicyclic) bond motifs is 2. The molecule has 2 heterocycles. The van der Waals surface area contributed by atoms with Crippen LogP contribution in [0.3, 0.4) is 0 Å². The Morgan fingerprint density at radius 2 is 2.09 bits per heavy atom. The van der Waals surface area contributed by atoms with E-state index >= 15 is 0 Å². The second-order valence-corrected chi connectivity index (χ2v) is 8.62. The van der Waals surface area contributed by atoms with Crippen molar-refractivity contribution in [2.24, 2.45) is 0 Å². The summed E-state index contributed by atoms with van der Waals surface area (Å²) in [5, 5.41) is 11.1. The van der Waals surface area contributed by atoms with Crippen LogP contribution in [0.2, 0.25) is 5.02 Å². The summed E-state index contributed by atoms with van der Waals surface area (Å²) in [4.78, 5) is 29.6. The molecule has 0 bridgehead atoms. The molecule has 168 valence electrons. The van der Waals surface area contributed by atoms with Crippen molar-refractivity contribution in [1.29, 1.82) is 0 Å². The molecular weight excluding hydrogens is 456 g/mol. The third-order valence-corrected chi connectivity index (χ3v) is 6.14. The average Bonchev–Trinajstić information content (AvgIpc) is 2.78. The van der Waals surface area contributed by atoms with E-state index in [4.69, 9.17) is 25.8 Å². The molecule has 1 aromatic heterocycles. The second-order valence-electron chi connectivity index (χ2n) is 7.27. The van der Waals surface area contributed by atoms with Gasteiger partial charge in [-0.15, -0.1) is 0 Å². The molecule has 3 aromatic rings. The number of ether oxygens (including phenoxy) is 3. The summed E-state index contributed by atoms with van der Waals surface area (Å²) < 4.78 is 17.4. The summed E-state index contributed by atoms with van der Waals surface area (Å²) in [7, 11) is 1.29. The maximum atomic E-state index is 13.1. The van der Waals surface area contributed by atoms with Crippen LogP contribution < -0.4 is 15.0 Å². The largest absolute Gasteiger partial charge is 0.486 e. The van der Waals surface area contributed by atoms with Crippen LogP contribution in [0.4, 0.5) is 0 Å². The number of carbonyl (C=O) groups excluding carboxylic acids is 1. The number of thioether (sulfide) groups is 1. The van der Waals surface area contributed by atoms with Gasteiger partial charge in [0.2, 0.25) is 0 Å². The predicted molar refractivity (Wildman–Crippen MR) is 121 cm³/mol. The summed E-state index contributed by atoms with van der Waals surface area (Å²) in [5.74, 6) is 1.04. The molecule has 0 spiro atoms. The highest BCUT2D eigenvalue weighted by atomic mass is 35.5. The molecule has 0 aliphatic carbocycles. The van der Waals surface area contributed by atoms with E-state index in [2.05, 4.69) is 4.98 Å². The average molecular weight is 477 g/mol. The van der Waals surface area contributed by atoms with Gasteiger partial charge in [0.1, 0.15) is 13.2 Å². The van der Waals surface area contributed by atoms with Gasteiger partial charge in [0.05, 0.1) is 41.2 Å². The third-order valence-electron chi connectivity index (χ3n) is 4.81. The highest BCUT2D eigenvalue weighted by Gasteiger charge is 2.19.